The molecular weight excluding hydrogens is 204 g/mol. The van der Waals surface area contributed by atoms with Gasteiger partial charge in [-0.2, -0.15) is 0 Å². The van der Waals surface area contributed by atoms with E-state index in [9.17, 15) is 4.79 Å². The number of rotatable bonds is 3. The molecule has 0 aromatic heterocycles. The highest BCUT2D eigenvalue weighted by molar-refractivity contribution is 5.84. The van der Waals surface area contributed by atoms with Crippen LogP contribution in [0.15, 0.2) is 0 Å². The minimum atomic E-state index is -0.654. The molecule has 16 heavy (non-hydrogen) atoms. The van der Waals surface area contributed by atoms with Gasteiger partial charge in [0.1, 0.15) is 5.60 Å². The van der Waals surface area contributed by atoms with Crippen molar-refractivity contribution in [3.8, 4) is 0 Å². The Morgan fingerprint density at radius 3 is 2.56 bits per heavy atom. The predicted molar refractivity (Wildman–Crippen MR) is 61.1 cm³/mol. The molecule has 1 saturated carbocycles. The quantitative estimate of drug-likeness (QED) is 0.548. The van der Waals surface area contributed by atoms with E-state index in [1.807, 2.05) is 6.92 Å². The van der Waals surface area contributed by atoms with Gasteiger partial charge in [-0.25, -0.2) is 4.79 Å². The fraction of sp³-hybridized carbons (Fsp3) is 0.923. The number of esters is 1. The highest BCUT2D eigenvalue weighted by atomic mass is 16.7. The van der Waals surface area contributed by atoms with Crippen LogP contribution in [0.5, 0.6) is 0 Å². The maximum atomic E-state index is 11.6. The van der Waals surface area contributed by atoms with Gasteiger partial charge < -0.3 is 9.47 Å². The van der Waals surface area contributed by atoms with E-state index in [-0.39, 0.29) is 11.6 Å². The van der Waals surface area contributed by atoms with Gasteiger partial charge in [-0.3, -0.25) is 0 Å². The Labute approximate surface area is 97.5 Å². The van der Waals surface area contributed by atoms with Gasteiger partial charge in [0.05, 0.1) is 7.11 Å². The monoisotopic (exact) mass is 226 g/mol. The lowest BCUT2D eigenvalue weighted by Gasteiger charge is -2.27. The minimum Gasteiger partial charge on any atom is -0.467 e. The normalized spacial score (nSPS) is 42.1. The minimum absolute atomic E-state index is 0.190. The SMILES string of the molecule is CCCC1CCC2(CC1)OC2(C)C(=O)OC. The molecule has 2 fully saturated rings. The molecule has 1 spiro atoms. The average Bonchev–Trinajstić information content (AvgIpc) is 2.88. The highest BCUT2D eigenvalue weighted by Crippen LogP contribution is 2.58. The van der Waals surface area contributed by atoms with Gasteiger partial charge in [0.25, 0.3) is 0 Å². The van der Waals surface area contributed by atoms with Gasteiger partial charge in [-0.1, -0.05) is 19.8 Å². The van der Waals surface area contributed by atoms with Gasteiger partial charge >= 0.3 is 5.97 Å². The van der Waals surface area contributed by atoms with Crippen molar-refractivity contribution in [2.24, 2.45) is 5.92 Å². The number of epoxide rings is 1. The summed E-state index contributed by atoms with van der Waals surface area (Å²) >= 11 is 0. The van der Waals surface area contributed by atoms with Crippen LogP contribution in [0.4, 0.5) is 0 Å². The summed E-state index contributed by atoms with van der Waals surface area (Å²) in [4.78, 5) is 11.6. The third-order valence-corrected chi connectivity index (χ3v) is 4.41. The van der Waals surface area contributed by atoms with Crippen LogP contribution in [0, 0.1) is 5.92 Å². The van der Waals surface area contributed by atoms with Crippen LogP contribution < -0.4 is 0 Å². The molecular formula is C13H22O3. The zero-order valence-corrected chi connectivity index (χ0v) is 10.5. The molecule has 1 saturated heterocycles. The molecule has 3 heteroatoms. The summed E-state index contributed by atoms with van der Waals surface area (Å²) in [5.74, 6) is 0.628. The Morgan fingerprint density at radius 2 is 2.06 bits per heavy atom. The van der Waals surface area contributed by atoms with Crippen LogP contribution in [0.2, 0.25) is 0 Å². The van der Waals surface area contributed by atoms with E-state index in [1.165, 1.54) is 32.8 Å². The fourth-order valence-corrected chi connectivity index (χ4v) is 3.21. The molecule has 92 valence electrons. The van der Waals surface area contributed by atoms with Crippen LogP contribution in [0.25, 0.3) is 0 Å². The molecule has 1 aliphatic heterocycles. The average molecular weight is 226 g/mol. The standard InChI is InChI=1S/C13H22O3/c1-4-5-10-6-8-13(9-7-10)12(2,16-13)11(14)15-3/h10H,4-9H2,1-3H3. The lowest BCUT2D eigenvalue weighted by Crippen LogP contribution is -2.35. The predicted octanol–water partition coefficient (Wildman–Crippen LogP) is 2.68. The molecule has 2 aliphatic rings. The van der Waals surface area contributed by atoms with Gasteiger partial charge in [0, 0.05) is 0 Å². The molecule has 1 aliphatic carbocycles. The van der Waals surface area contributed by atoms with Crippen LogP contribution in [-0.4, -0.2) is 24.3 Å². The summed E-state index contributed by atoms with van der Waals surface area (Å²) in [5.41, 5.74) is -0.844. The van der Waals surface area contributed by atoms with Crippen molar-refractivity contribution < 1.29 is 14.3 Å². The van der Waals surface area contributed by atoms with Gasteiger partial charge in [0.2, 0.25) is 0 Å². The van der Waals surface area contributed by atoms with Crippen molar-refractivity contribution in [1.82, 2.24) is 0 Å². The van der Waals surface area contributed by atoms with Crippen LogP contribution in [-0.2, 0) is 14.3 Å². The van der Waals surface area contributed by atoms with Crippen molar-refractivity contribution >= 4 is 5.97 Å². The van der Waals surface area contributed by atoms with Gasteiger partial charge in [-0.15, -0.1) is 0 Å². The highest BCUT2D eigenvalue weighted by Gasteiger charge is 2.72. The molecule has 2 rings (SSSR count). The molecule has 3 nitrogen and oxygen atoms in total. The topological polar surface area (TPSA) is 38.8 Å². The molecule has 1 atom stereocenters. The Balaban J connectivity index is 1.93. The van der Waals surface area contributed by atoms with E-state index in [4.69, 9.17) is 9.47 Å². The number of carbonyl (C=O) groups excluding carboxylic acids is 1. The van der Waals surface area contributed by atoms with Crippen molar-refractivity contribution in [3.05, 3.63) is 0 Å². The number of carbonyl (C=O) groups is 1. The summed E-state index contributed by atoms with van der Waals surface area (Å²) in [6, 6.07) is 0. The number of hydrogen-bond acceptors (Lipinski definition) is 3. The first kappa shape index (κ1) is 11.9. The Kier molecular flexibility index (Phi) is 2.99. The Hall–Kier alpha value is -0.570. The van der Waals surface area contributed by atoms with Crippen LogP contribution in [0.3, 0.4) is 0 Å². The summed E-state index contributed by atoms with van der Waals surface area (Å²) < 4.78 is 10.6. The van der Waals surface area contributed by atoms with Crippen LogP contribution in [0.1, 0.15) is 52.4 Å². The molecule has 0 bridgehead atoms. The molecule has 0 aromatic rings. The van der Waals surface area contributed by atoms with Crippen molar-refractivity contribution in [2.75, 3.05) is 7.11 Å². The third-order valence-electron chi connectivity index (χ3n) is 4.41. The second-order valence-electron chi connectivity index (χ2n) is 5.35. The molecule has 0 radical (unpaired) electrons. The molecule has 0 amide bonds. The smallest absolute Gasteiger partial charge is 0.340 e. The lowest BCUT2D eigenvalue weighted by atomic mass is 9.75. The number of ether oxygens (including phenoxy) is 2. The first-order valence-electron chi connectivity index (χ1n) is 6.36. The maximum absolute atomic E-state index is 11.6. The third kappa shape index (κ3) is 1.65. The Morgan fingerprint density at radius 1 is 1.44 bits per heavy atom. The van der Waals surface area contributed by atoms with Crippen LogP contribution >= 0.6 is 0 Å². The van der Waals surface area contributed by atoms with E-state index in [1.54, 1.807) is 0 Å². The van der Waals surface area contributed by atoms with E-state index in [0.717, 1.165) is 18.8 Å². The number of methoxy groups -OCH3 is 1. The zero-order chi connectivity index (χ0) is 11.8. The second kappa shape index (κ2) is 4.02. The summed E-state index contributed by atoms with van der Waals surface area (Å²) in [7, 11) is 1.44. The van der Waals surface area contributed by atoms with Gasteiger partial charge in [-0.05, 0) is 38.5 Å². The second-order valence-corrected chi connectivity index (χ2v) is 5.35. The summed E-state index contributed by atoms with van der Waals surface area (Å²) in [5, 5.41) is 0. The van der Waals surface area contributed by atoms with E-state index < -0.39 is 5.60 Å². The van der Waals surface area contributed by atoms with Crippen molar-refractivity contribution in [1.29, 1.82) is 0 Å². The summed E-state index contributed by atoms with van der Waals surface area (Å²) in [6.07, 6.45) is 6.99. The first-order chi connectivity index (χ1) is 7.58. The molecule has 0 N–H and O–H groups in total. The maximum Gasteiger partial charge on any atom is 0.340 e. The largest absolute Gasteiger partial charge is 0.467 e. The molecule has 1 unspecified atom stereocenters. The molecule has 1 heterocycles. The first-order valence-corrected chi connectivity index (χ1v) is 6.36. The van der Waals surface area contributed by atoms with E-state index in [0.29, 0.717) is 0 Å². The number of hydrogen-bond donors (Lipinski definition) is 0. The summed E-state index contributed by atoms with van der Waals surface area (Å²) in [6.45, 7) is 4.11. The lowest BCUT2D eigenvalue weighted by molar-refractivity contribution is -0.146. The Bertz CT molecular complexity index is 279. The van der Waals surface area contributed by atoms with E-state index >= 15 is 0 Å². The zero-order valence-electron chi connectivity index (χ0n) is 10.5. The fourth-order valence-electron chi connectivity index (χ4n) is 3.21. The van der Waals surface area contributed by atoms with Crippen molar-refractivity contribution in [3.63, 3.8) is 0 Å². The van der Waals surface area contributed by atoms with Crippen molar-refractivity contribution in [2.45, 2.75) is 63.6 Å². The van der Waals surface area contributed by atoms with Gasteiger partial charge in [0.15, 0.2) is 5.60 Å². The molecule has 0 aromatic carbocycles. The van der Waals surface area contributed by atoms with E-state index in [2.05, 4.69) is 6.92 Å².